The standard InChI is InChI=1S/C6H6.2C2H6.B/c1-2-4-6-5-3-1;2*1-2;/h1-6H;2*1-2H3;. The quantitative estimate of drug-likeness (QED) is 0.496. The van der Waals surface area contributed by atoms with Crippen molar-refractivity contribution < 1.29 is 0 Å². The van der Waals surface area contributed by atoms with E-state index in [-0.39, 0.29) is 8.41 Å². The molecule has 0 unspecified atom stereocenters. The summed E-state index contributed by atoms with van der Waals surface area (Å²) in [5, 5.41) is 0. The summed E-state index contributed by atoms with van der Waals surface area (Å²) < 4.78 is 0. The largest absolute Gasteiger partial charge is 0.0683 e. The molecule has 0 saturated heterocycles. The van der Waals surface area contributed by atoms with Crippen LogP contribution in [0.15, 0.2) is 36.4 Å². The zero-order valence-electron chi connectivity index (χ0n) is 8.04. The number of rotatable bonds is 0. The lowest BCUT2D eigenvalue weighted by molar-refractivity contribution is 1.50. The summed E-state index contributed by atoms with van der Waals surface area (Å²) in [4.78, 5) is 0. The first-order valence-electron chi connectivity index (χ1n) is 4.00. The van der Waals surface area contributed by atoms with Crippen molar-refractivity contribution in [1.82, 2.24) is 0 Å². The van der Waals surface area contributed by atoms with E-state index >= 15 is 0 Å². The van der Waals surface area contributed by atoms with E-state index in [4.69, 9.17) is 0 Å². The van der Waals surface area contributed by atoms with Crippen molar-refractivity contribution in [3.8, 4) is 0 Å². The van der Waals surface area contributed by atoms with Crippen molar-refractivity contribution in [2.75, 3.05) is 0 Å². The van der Waals surface area contributed by atoms with Crippen molar-refractivity contribution >= 4 is 8.41 Å². The zero-order valence-corrected chi connectivity index (χ0v) is 8.04. The van der Waals surface area contributed by atoms with Crippen LogP contribution in [-0.2, 0) is 0 Å². The van der Waals surface area contributed by atoms with Crippen molar-refractivity contribution in [2.24, 2.45) is 0 Å². The lowest BCUT2D eigenvalue weighted by Gasteiger charge is -1.69. The summed E-state index contributed by atoms with van der Waals surface area (Å²) >= 11 is 0. The SMILES string of the molecule is CC.CC.[B].c1ccccc1. The molecule has 0 aliphatic rings. The molecule has 61 valence electrons. The molecular formula is C10H18B. The lowest BCUT2D eigenvalue weighted by atomic mass is 10.4. The van der Waals surface area contributed by atoms with Gasteiger partial charge in [0.1, 0.15) is 0 Å². The van der Waals surface area contributed by atoms with Crippen LogP contribution in [-0.4, -0.2) is 8.41 Å². The summed E-state index contributed by atoms with van der Waals surface area (Å²) in [6.07, 6.45) is 0. The predicted octanol–water partition coefficient (Wildman–Crippen LogP) is 3.36. The molecule has 0 saturated carbocycles. The fraction of sp³-hybridized carbons (Fsp3) is 0.400. The van der Waals surface area contributed by atoms with Crippen molar-refractivity contribution in [3.05, 3.63) is 36.4 Å². The molecule has 0 spiro atoms. The Labute approximate surface area is 73.2 Å². The fourth-order valence-electron chi connectivity index (χ4n) is 0.385. The van der Waals surface area contributed by atoms with Gasteiger partial charge >= 0.3 is 0 Å². The molecule has 11 heavy (non-hydrogen) atoms. The minimum atomic E-state index is 0. The molecule has 0 fully saturated rings. The topological polar surface area (TPSA) is 0 Å². The summed E-state index contributed by atoms with van der Waals surface area (Å²) in [5.41, 5.74) is 0. The smallest absolute Gasteiger partial charge is 0 e. The molecule has 0 aliphatic carbocycles. The minimum Gasteiger partial charge on any atom is -0.0683 e. The maximum atomic E-state index is 2.00. The Hall–Kier alpha value is -0.715. The van der Waals surface area contributed by atoms with E-state index < -0.39 is 0 Å². The third-order valence-corrected chi connectivity index (χ3v) is 0.667. The van der Waals surface area contributed by atoms with Gasteiger partial charge in [0.15, 0.2) is 0 Å². The maximum Gasteiger partial charge on any atom is 0 e. The van der Waals surface area contributed by atoms with Crippen LogP contribution in [0.5, 0.6) is 0 Å². The highest BCUT2D eigenvalue weighted by Crippen LogP contribution is 1.79. The van der Waals surface area contributed by atoms with Gasteiger partial charge < -0.3 is 0 Å². The average molecular weight is 149 g/mol. The highest BCUT2D eigenvalue weighted by Gasteiger charge is 1.57. The van der Waals surface area contributed by atoms with Crippen LogP contribution >= 0.6 is 0 Å². The summed E-state index contributed by atoms with van der Waals surface area (Å²) in [7, 11) is 0. The van der Waals surface area contributed by atoms with E-state index in [0.717, 1.165) is 0 Å². The molecule has 0 aromatic heterocycles. The Morgan fingerprint density at radius 1 is 0.455 bits per heavy atom. The average Bonchev–Trinajstić information content (AvgIpc) is 2.14. The second-order valence-corrected chi connectivity index (χ2v) is 1.15. The third-order valence-electron chi connectivity index (χ3n) is 0.667. The highest BCUT2D eigenvalue weighted by molar-refractivity contribution is 5.75. The Kier molecular flexibility index (Phi) is 34.7. The van der Waals surface area contributed by atoms with E-state index in [1.807, 2.05) is 64.1 Å². The van der Waals surface area contributed by atoms with Crippen molar-refractivity contribution in [2.45, 2.75) is 27.7 Å². The molecule has 0 atom stereocenters. The first-order valence-corrected chi connectivity index (χ1v) is 4.00. The van der Waals surface area contributed by atoms with Gasteiger partial charge in [-0.2, -0.15) is 0 Å². The molecule has 1 heteroatoms. The zero-order chi connectivity index (χ0) is 8.24. The van der Waals surface area contributed by atoms with Gasteiger partial charge in [-0.25, -0.2) is 0 Å². The molecule has 1 aromatic carbocycles. The van der Waals surface area contributed by atoms with Gasteiger partial charge in [0, 0.05) is 8.41 Å². The molecule has 0 nitrogen and oxygen atoms in total. The maximum absolute atomic E-state index is 2.00. The van der Waals surface area contributed by atoms with Gasteiger partial charge in [0.2, 0.25) is 0 Å². The fourth-order valence-corrected chi connectivity index (χ4v) is 0.385. The van der Waals surface area contributed by atoms with E-state index in [1.54, 1.807) is 0 Å². The number of benzene rings is 1. The van der Waals surface area contributed by atoms with Crippen LogP contribution in [0.2, 0.25) is 0 Å². The molecule has 0 amide bonds. The van der Waals surface area contributed by atoms with Gasteiger partial charge in [-0.15, -0.1) is 0 Å². The van der Waals surface area contributed by atoms with Gasteiger partial charge in [-0.05, 0) is 0 Å². The highest BCUT2D eigenvalue weighted by atomic mass is 13.6. The van der Waals surface area contributed by atoms with Crippen LogP contribution in [0.4, 0.5) is 0 Å². The van der Waals surface area contributed by atoms with Crippen molar-refractivity contribution in [3.63, 3.8) is 0 Å². The predicted molar refractivity (Wildman–Crippen MR) is 54.9 cm³/mol. The monoisotopic (exact) mass is 149 g/mol. The summed E-state index contributed by atoms with van der Waals surface area (Å²) in [6, 6.07) is 12.0. The molecule has 0 bridgehead atoms. The van der Waals surface area contributed by atoms with E-state index in [1.165, 1.54) is 0 Å². The molecule has 0 heterocycles. The number of hydrogen-bond donors (Lipinski definition) is 0. The van der Waals surface area contributed by atoms with Gasteiger partial charge in [0.05, 0.1) is 0 Å². The summed E-state index contributed by atoms with van der Waals surface area (Å²) in [6.45, 7) is 8.00. The van der Waals surface area contributed by atoms with Crippen molar-refractivity contribution in [1.29, 1.82) is 0 Å². The molecule has 0 N–H and O–H groups in total. The first-order chi connectivity index (χ1) is 5.00. The molecule has 0 aliphatic heterocycles. The lowest BCUT2D eigenvalue weighted by Crippen LogP contribution is -1.47. The number of hydrogen-bond acceptors (Lipinski definition) is 0. The van der Waals surface area contributed by atoms with E-state index in [9.17, 15) is 0 Å². The van der Waals surface area contributed by atoms with Gasteiger partial charge in [-0.1, -0.05) is 64.1 Å². The Morgan fingerprint density at radius 3 is 0.636 bits per heavy atom. The summed E-state index contributed by atoms with van der Waals surface area (Å²) in [5.74, 6) is 0. The molecule has 3 radical (unpaired) electrons. The Bertz CT molecular complexity index is 76.8. The Balaban J connectivity index is -0.000000114. The minimum absolute atomic E-state index is 0. The second-order valence-electron chi connectivity index (χ2n) is 1.15. The van der Waals surface area contributed by atoms with Crippen LogP contribution in [0.3, 0.4) is 0 Å². The van der Waals surface area contributed by atoms with Gasteiger partial charge in [0.25, 0.3) is 0 Å². The third kappa shape index (κ3) is 17.6. The first kappa shape index (κ1) is 16.7. The van der Waals surface area contributed by atoms with Crippen LogP contribution in [0, 0.1) is 0 Å². The Morgan fingerprint density at radius 2 is 0.545 bits per heavy atom. The van der Waals surface area contributed by atoms with E-state index in [0.29, 0.717) is 0 Å². The van der Waals surface area contributed by atoms with Gasteiger partial charge in [-0.3, -0.25) is 0 Å². The van der Waals surface area contributed by atoms with Crippen LogP contribution in [0.1, 0.15) is 27.7 Å². The van der Waals surface area contributed by atoms with Crippen LogP contribution < -0.4 is 0 Å². The second kappa shape index (κ2) is 22.8. The van der Waals surface area contributed by atoms with Crippen LogP contribution in [0.25, 0.3) is 0 Å². The molecular weight excluding hydrogens is 131 g/mol. The molecule has 1 rings (SSSR count). The van der Waals surface area contributed by atoms with E-state index in [2.05, 4.69) is 0 Å². The molecule has 1 aromatic rings. The normalized spacial score (nSPS) is 5.45.